The molecule has 0 aromatic heterocycles. The lowest BCUT2D eigenvalue weighted by atomic mass is 9.75. The van der Waals surface area contributed by atoms with Gasteiger partial charge in [-0.2, -0.15) is 0 Å². The van der Waals surface area contributed by atoms with Crippen molar-refractivity contribution in [3.05, 3.63) is 0 Å². The summed E-state index contributed by atoms with van der Waals surface area (Å²) in [7, 11) is 0. The molecule has 1 saturated carbocycles. The molecule has 1 amide bonds. The third-order valence-corrected chi connectivity index (χ3v) is 3.25. The van der Waals surface area contributed by atoms with Gasteiger partial charge in [0.2, 0.25) is 0 Å². The second-order valence-corrected chi connectivity index (χ2v) is 3.78. The molecule has 2 nitrogen and oxygen atoms in total. The molecule has 2 rings (SSSR count). The van der Waals surface area contributed by atoms with Crippen LogP contribution in [0.4, 0.5) is 0 Å². The third-order valence-electron chi connectivity index (χ3n) is 3.25. The first-order valence-corrected chi connectivity index (χ1v) is 4.57. The van der Waals surface area contributed by atoms with Gasteiger partial charge in [0.25, 0.3) is 5.91 Å². The fourth-order valence-electron chi connectivity index (χ4n) is 2.44. The Labute approximate surface area is 72.9 Å². The summed E-state index contributed by atoms with van der Waals surface area (Å²) < 4.78 is 0. The van der Waals surface area contributed by atoms with Crippen LogP contribution < -0.4 is 0 Å². The van der Waals surface area contributed by atoms with Gasteiger partial charge in [0.05, 0.1) is 0 Å². The van der Waals surface area contributed by atoms with E-state index in [4.69, 9.17) is 6.42 Å². The first-order chi connectivity index (χ1) is 5.78. The van der Waals surface area contributed by atoms with Crippen LogP contribution in [0.3, 0.4) is 0 Å². The summed E-state index contributed by atoms with van der Waals surface area (Å²) in [5.74, 6) is 2.11. The van der Waals surface area contributed by atoms with Crippen molar-refractivity contribution in [2.45, 2.75) is 37.6 Å². The van der Waals surface area contributed by atoms with Crippen molar-refractivity contribution in [2.75, 3.05) is 6.54 Å². The van der Waals surface area contributed by atoms with Gasteiger partial charge < -0.3 is 4.90 Å². The van der Waals surface area contributed by atoms with E-state index in [9.17, 15) is 4.79 Å². The Balaban J connectivity index is 2.15. The molecule has 0 atom stereocenters. The lowest BCUT2D eigenvalue weighted by Crippen LogP contribution is -2.51. The van der Waals surface area contributed by atoms with Crippen LogP contribution >= 0.6 is 0 Å². The Hall–Kier alpha value is -0.970. The number of nitrogens with zero attached hydrogens (tertiary/aromatic N) is 1. The summed E-state index contributed by atoms with van der Waals surface area (Å²) in [4.78, 5) is 13.2. The fourth-order valence-corrected chi connectivity index (χ4v) is 2.44. The van der Waals surface area contributed by atoms with E-state index in [1.807, 2.05) is 4.90 Å². The summed E-state index contributed by atoms with van der Waals surface area (Å²) in [6.45, 7) is 0.878. The quantitative estimate of drug-likeness (QED) is 0.491. The molecule has 0 aromatic carbocycles. The number of carbonyl (C=O) groups excluding carboxylic acids is 1. The molecule has 1 spiro atoms. The van der Waals surface area contributed by atoms with Crippen LogP contribution in [0.25, 0.3) is 0 Å². The zero-order chi connectivity index (χ0) is 8.60. The molecule has 1 heterocycles. The highest BCUT2D eigenvalue weighted by Crippen LogP contribution is 2.45. The Morgan fingerprint density at radius 2 is 2.00 bits per heavy atom. The van der Waals surface area contributed by atoms with E-state index in [0.29, 0.717) is 0 Å². The maximum absolute atomic E-state index is 11.3. The largest absolute Gasteiger partial charge is 0.326 e. The lowest BCUT2D eigenvalue weighted by Gasteiger charge is -2.45. The second kappa shape index (κ2) is 2.52. The lowest BCUT2D eigenvalue weighted by molar-refractivity contribution is -0.131. The van der Waals surface area contributed by atoms with Gasteiger partial charge in [0, 0.05) is 12.1 Å². The highest BCUT2D eigenvalue weighted by atomic mass is 16.2. The summed E-state index contributed by atoms with van der Waals surface area (Å²) >= 11 is 0. The van der Waals surface area contributed by atoms with Crippen molar-refractivity contribution >= 4 is 5.91 Å². The van der Waals surface area contributed by atoms with E-state index in [-0.39, 0.29) is 11.4 Å². The van der Waals surface area contributed by atoms with Gasteiger partial charge in [-0.05, 0) is 38.0 Å². The molecule has 0 unspecified atom stereocenters. The SMILES string of the molecule is C#CC(=O)N1CCCC12CCC2. The second-order valence-electron chi connectivity index (χ2n) is 3.78. The maximum atomic E-state index is 11.3. The normalized spacial score (nSPS) is 25.1. The average molecular weight is 163 g/mol. The molecule has 1 aliphatic heterocycles. The van der Waals surface area contributed by atoms with Gasteiger partial charge in [-0.1, -0.05) is 0 Å². The van der Waals surface area contributed by atoms with Crippen LogP contribution in [0.1, 0.15) is 32.1 Å². The molecule has 0 aromatic rings. The number of likely N-dealkylation sites (tertiary alicyclic amines) is 1. The predicted molar refractivity (Wildman–Crippen MR) is 46.4 cm³/mol. The van der Waals surface area contributed by atoms with Crippen LogP contribution in [0.15, 0.2) is 0 Å². The van der Waals surface area contributed by atoms with Crippen molar-refractivity contribution in [2.24, 2.45) is 0 Å². The number of rotatable bonds is 0. The molecule has 2 aliphatic rings. The summed E-state index contributed by atoms with van der Waals surface area (Å²) in [6, 6.07) is 0. The monoisotopic (exact) mass is 163 g/mol. The zero-order valence-electron chi connectivity index (χ0n) is 7.18. The number of terminal acetylenes is 1. The summed E-state index contributed by atoms with van der Waals surface area (Å²) in [6.07, 6.45) is 11.0. The van der Waals surface area contributed by atoms with Gasteiger partial charge in [-0.15, -0.1) is 6.42 Å². The van der Waals surface area contributed by atoms with Crippen molar-refractivity contribution < 1.29 is 4.79 Å². The average Bonchev–Trinajstić information content (AvgIpc) is 2.45. The molecule has 64 valence electrons. The molecule has 1 saturated heterocycles. The van der Waals surface area contributed by atoms with E-state index in [1.54, 1.807) is 0 Å². The van der Waals surface area contributed by atoms with Crippen molar-refractivity contribution in [3.8, 4) is 12.3 Å². The van der Waals surface area contributed by atoms with Gasteiger partial charge in [-0.3, -0.25) is 4.79 Å². The Bertz CT molecular complexity index is 247. The highest BCUT2D eigenvalue weighted by molar-refractivity contribution is 5.93. The van der Waals surface area contributed by atoms with E-state index in [2.05, 4.69) is 5.92 Å². The van der Waals surface area contributed by atoms with E-state index >= 15 is 0 Å². The van der Waals surface area contributed by atoms with Crippen molar-refractivity contribution in [1.82, 2.24) is 4.90 Å². The fraction of sp³-hybridized carbons (Fsp3) is 0.700. The van der Waals surface area contributed by atoms with Crippen molar-refractivity contribution in [1.29, 1.82) is 0 Å². The van der Waals surface area contributed by atoms with Crippen LogP contribution in [0, 0.1) is 12.3 Å². The van der Waals surface area contributed by atoms with Gasteiger partial charge >= 0.3 is 0 Å². The smallest absolute Gasteiger partial charge is 0.298 e. The molecular weight excluding hydrogens is 150 g/mol. The topological polar surface area (TPSA) is 20.3 Å². The summed E-state index contributed by atoms with van der Waals surface area (Å²) in [5.41, 5.74) is 0.198. The highest BCUT2D eigenvalue weighted by Gasteiger charge is 2.47. The Morgan fingerprint density at radius 1 is 1.33 bits per heavy atom. The Kier molecular flexibility index (Phi) is 1.61. The number of hydrogen-bond acceptors (Lipinski definition) is 1. The molecule has 2 fully saturated rings. The van der Waals surface area contributed by atoms with Crippen LogP contribution in [0.2, 0.25) is 0 Å². The predicted octanol–water partition coefficient (Wildman–Crippen LogP) is 1.16. The van der Waals surface area contributed by atoms with Crippen molar-refractivity contribution in [3.63, 3.8) is 0 Å². The van der Waals surface area contributed by atoms with Crippen LogP contribution in [-0.4, -0.2) is 22.9 Å². The molecule has 2 heteroatoms. The maximum Gasteiger partial charge on any atom is 0.298 e. The van der Waals surface area contributed by atoms with E-state index in [0.717, 1.165) is 13.0 Å². The minimum absolute atomic E-state index is 0.104. The molecule has 0 N–H and O–H groups in total. The molecular formula is C10H13NO. The molecule has 12 heavy (non-hydrogen) atoms. The number of amides is 1. The minimum Gasteiger partial charge on any atom is -0.326 e. The molecule has 0 bridgehead atoms. The van der Waals surface area contributed by atoms with Gasteiger partial charge in [0.1, 0.15) is 0 Å². The first kappa shape index (κ1) is 7.67. The third kappa shape index (κ3) is 0.859. The number of carbonyl (C=O) groups is 1. The van der Waals surface area contributed by atoms with Crippen LogP contribution in [0.5, 0.6) is 0 Å². The standard InChI is InChI=1S/C10H13NO/c1-2-9(12)11-8-4-7-10(11)5-3-6-10/h1H,3-8H2. The van der Waals surface area contributed by atoms with Gasteiger partial charge in [0.15, 0.2) is 0 Å². The van der Waals surface area contributed by atoms with E-state index in [1.165, 1.54) is 25.7 Å². The zero-order valence-corrected chi connectivity index (χ0v) is 7.18. The summed E-state index contributed by atoms with van der Waals surface area (Å²) in [5, 5.41) is 0. The first-order valence-electron chi connectivity index (χ1n) is 4.57. The van der Waals surface area contributed by atoms with Crippen LogP contribution in [-0.2, 0) is 4.79 Å². The van der Waals surface area contributed by atoms with Gasteiger partial charge in [-0.25, -0.2) is 0 Å². The Morgan fingerprint density at radius 3 is 2.50 bits per heavy atom. The molecule has 0 radical (unpaired) electrons. The van der Waals surface area contributed by atoms with E-state index < -0.39 is 0 Å². The molecule has 1 aliphatic carbocycles. The number of hydrogen-bond donors (Lipinski definition) is 0. The minimum atomic E-state index is -0.104.